The van der Waals surface area contributed by atoms with E-state index in [1.54, 1.807) is 18.3 Å². The van der Waals surface area contributed by atoms with Crippen molar-refractivity contribution in [3.05, 3.63) is 58.9 Å². The number of aromatic nitrogens is 1. The lowest BCUT2D eigenvalue weighted by Crippen LogP contribution is -2.22. The summed E-state index contributed by atoms with van der Waals surface area (Å²) in [6, 6.07) is 9.59. The van der Waals surface area contributed by atoms with Crippen molar-refractivity contribution in [1.29, 1.82) is 0 Å². The van der Waals surface area contributed by atoms with Crippen molar-refractivity contribution < 1.29 is 9.90 Å². The highest BCUT2D eigenvalue weighted by Crippen LogP contribution is 2.22. The summed E-state index contributed by atoms with van der Waals surface area (Å²) >= 11 is 5.92. The van der Waals surface area contributed by atoms with Gasteiger partial charge in [-0.1, -0.05) is 23.7 Å². The van der Waals surface area contributed by atoms with Gasteiger partial charge in [0.1, 0.15) is 0 Å². The fourth-order valence-electron chi connectivity index (χ4n) is 1.36. The molecule has 1 aromatic heterocycles. The fraction of sp³-hybridized carbons (Fsp3) is 0. The largest absolute Gasteiger partial charge is 0.545 e. The van der Waals surface area contributed by atoms with E-state index in [4.69, 9.17) is 11.6 Å². The molecule has 19 heavy (non-hydrogen) atoms. The van der Waals surface area contributed by atoms with E-state index in [-0.39, 0.29) is 5.56 Å². The second-order valence-electron chi connectivity index (χ2n) is 3.61. The first-order valence-electron chi connectivity index (χ1n) is 5.38. The second kappa shape index (κ2) is 5.97. The number of nitrogens with one attached hydrogen (secondary N) is 1. The van der Waals surface area contributed by atoms with Crippen LogP contribution in [0.1, 0.15) is 16.1 Å². The third kappa shape index (κ3) is 3.53. The number of hydrazone groups is 1. The van der Waals surface area contributed by atoms with Crippen LogP contribution in [-0.2, 0) is 0 Å². The van der Waals surface area contributed by atoms with Crippen molar-refractivity contribution in [3.8, 4) is 0 Å². The van der Waals surface area contributed by atoms with E-state index < -0.39 is 5.97 Å². The molecule has 0 atom stereocenters. The number of pyridine rings is 1. The Labute approximate surface area is 114 Å². The van der Waals surface area contributed by atoms with Crippen LogP contribution in [0.25, 0.3) is 0 Å². The number of anilines is 1. The minimum Gasteiger partial charge on any atom is -0.545 e. The maximum Gasteiger partial charge on any atom is 0.0830 e. The minimum atomic E-state index is -1.27. The Hall–Kier alpha value is -2.40. The highest BCUT2D eigenvalue weighted by molar-refractivity contribution is 6.33. The topological polar surface area (TPSA) is 77.4 Å². The summed E-state index contributed by atoms with van der Waals surface area (Å²) in [5.41, 5.74) is 3.74. The zero-order valence-electron chi connectivity index (χ0n) is 9.71. The third-order valence-corrected chi connectivity index (χ3v) is 2.60. The highest BCUT2D eigenvalue weighted by atomic mass is 35.5. The van der Waals surface area contributed by atoms with Gasteiger partial charge in [0.05, 0.1) is 28.6 Å². The molecule has 0 aliphatic carbocycles. The van der Waals surface area contributed by atoms with Gasteiger partial charge in [-0.25, -0.2) is 0 Å². The summed E-state index contributed by atoms with van der Waals surface area (Å²) in [6.07, 6.45) is 3.15. The number of carboxylic acids is 1. The standard InChI is InChI=1S/C13H10ClN3O2/c14-11-5-4-9(13(18)19)7-12(11)17-16-8-10-3-1-2-6-15-10/h1-8,17H,(H,18,19)/p-1/b16-8-. The van der Waals surface area contributed by atoms with E-state index in [9.17, 15) is 9.90 Å². The summed E-state index contributed by atoms with van der Waals surface area (Å²) < 4.78 is 0. The zero-order chi connectivity index (χ0) is 13.7. The summed E-state index contributed by atoms with van der Waals surface area (Å²) in [6.45, 7) is 0. The predicted octanol–water partition coefficient (Wildman–Crippen LogP) is 1.54. The predicted molar refractivity (Wildman–Crippen MR) is 71.2 cm³/mol. The number of hydrogen-bond donors (Lipinski definition) is 1. The van der Waals surface area contributed by atoms with Crippen LogP contribution in [0, 0.1) is 0 Å². The van der Waals surface area contributed by atoms with Crippen molar-refractivity contribution >= 4 is 29.5 Å². The maximum absolute atomic E-state index is 10.7. The smallest absolute Gasteiger partial charge is 0.0830 e. The minimum absolute atomic E-state index is 0.0277. The van der Waals surface area contributed by atoms with Crippen LogP contribution in [-0.4, -0.2) is 17.2 Å². The van der Waals surface area contributed by atoms with Crippen LogP contribution in [0.15, 0.2) is 47.7 Å². The van der Waals surface area contributed by atoms with Crippen molar-refractivity contribution in [2.24, 2.45) is 5.10 Å². The number of nitrogens with zero attached hydrogens (tertiary/aromatic N) is 2. The van der Waals surface area contributed by atoms with Crippen LogP contribution in [0.4, 0.5) is 5.69 Å². The average Bonchev–Trinajstić information content (AvgIpc) is 2.42. The van der Waals surface area contributed by atoms with Crippen LogP contribution in [0.5, 0.6) is 0 Å². The number of rotatable bonds is 4. The Morgan fingerprint density at radius 1 is 1.37 bits per heavy atom. The molecule has 1 N–H and O–H groups in total. The molecule has 0 amide bonds. The van der Waals surface area contributed by atoms with Gasteiger partial charge < -0.3 is 9.90 Å². The number of aromatic carboxylic acids is 1. The lowest BCUT2D eigenvalue weighted by molar-refractivity contribution is -0.255. The van der Waals surface area contributed by atoms with Gasteiger partial charge in [0, 0.05) is 6.20 Å². The SMILES string of the molecule is O=C([O-])c1ccc(Cl)c(N/N=C\c2ccccn2)c1. The lowest BCUT2D eigenvalue weighted by Gasteiger charge is -2.07. The maximum atomic E-state index is 10.7. The van der Waals surface area contributed by atoms with Gasteiger partial charge in [0.2, 0.25) is 0 Å². The number of carboxylic acid groups (broad SMARTS) is 1. The summed E-state index contributed by atoms with van der Waals surface area (Å²) in [4.78, 5) is 14.8. The van der Waals surface area contributed by atoms with Crippen molar-refractivity contribution in [2.45, 2.75) is 0 Å². The molecule has 0 bridgehead atoms. The Kier molecular flexibility index (Phi) is 4.10. The normalized spacial score (nSPS) is 10.6. The Bertz CT molecular complexity index is 615. The molecule has 2 rings (SSSR count). The molecule has 0 radical (unpaired) electrons. The Balaban J connectivity index is 2.13. The van der Waals surface area contributed by atoms with E-state index in [0.29, 0.717) is 16.4 Å². The molecule has 0 fully saturated rings. The number of halogens is 1. The third-order valence-electron chi connectivity index (χ3n) is 2.27. The van der Waals surface area contributed by atoms with Gasteiger partial charge >= 0.3 is 0 Å². The number of benzene rings is 1. The van der Waals surface area contributed by atoms with Crippen molar-refractivity contribution in [2.75, 3.05) is 5.43 Å². The van der Waals surface area contributed by atoms with E-state index >= 15 is 0 Å². The van der Waals surface area contributed by atoms with Crippen LogP contribution in [0.3, 0.4) is 0 Å². The van der Waals surface area contributed by atoms with E-state index in [1.807, 2.05) is 6.07 Å². The molecule has 0 saturated heterocycles. The van der Waals surface area contributed by atoms with Crippen LogP contribution >= 0.6 is 11.6 Å². The first kappa shape index (κ1) is 13.0. The van der Waals surface area contributed by atoms with Gasteiger partial charge in [-0.05, 0) is 29.8 Å². The zero-order valence-corrected chi connectivity index (χ0v) is 10.5. The molecule has 0 aliphatic heterocycles. The van der Waals surface area contributed by atoms with Crippen LogP contribution < -0.4 is 10.5 Å². The fourth-order valence-corrected chi connectivity index (χ4v) is 1.52. The van der Waals surface area contributed by atoms with Gasteiger partial charge in [0.25, 0.3) is 0 Å². The molecule has 0 saturated carbocycles. The van der Waals surface area contributed by atoms with Crippen molar-refractivity contribution in [3.63, 3.8) is 0 Å². The highest BCUT2D eigenvalue weighted by Gasteiger charge is 2.01. The first-order chi connectivity index (χ1) is 9.16. The Morgan fingerprint density at radius 3 is 2.89 bits per heavy atom. The molecular weight excluding hydrogens is 266 g/mol. The monoisotopic (exact) mass is 274 g/mol. The lowest BCUT2D eigenvalue weighted by atomic mass is 10.2. The molecule has 2 aromatic rings. The molecule has 6 heteroatoms. The van der Waals surface area contributed by atoms with Gasteiger partial charge in [0.15, 0.2) is 0 Å². The molecule has 1 aromatic carbocycles. The number of carbonyl (C=O) groups is 1. The van der Waals surface area contributed by atoms with Gasteiger partial charge in [-0.15, -0.1) is 0 Å². The van der Waals surface area contributed by atoms with E-state index in [2.05, 4.69) is 15.5 Å². The molecule has 96 valence electrons. The van der Waals surface area contributed by atoms with E-state index in [1.165, 1.54) is 24.4 Å². The number of hydrogen-bond acceptors (Lipinski definition) is 5. The molecule has 0 unspecified atom stereocenters. The van der Waals surface area contributed by atoms with Crippen LogP contribution in [0.2, 0.25) is 5.02 Å². The molecule has 5 nitrogen and oxygen atoms in total. The average molecular weight is 275 g/mol. The summed E-state index contributed by atoms with van der Waals surface area (Å²) in [7, 11) is 0. The van der Waals surface area contributed by atoms with Crippen molar-refractivity contribution in [1.82, 2.24) is 4.98 Å². The van der Waals surface area contributed by atoms with E-state index in [0.717, 1.165) is 0 Å². The molecular formula is C13H9ClN3O2-. The molecule has 0 aliphatic rings. The first-order valence-corrected chi connectivity index (χ1v) is 5.75. The van der Waals surface area contributed by atoms with Gasteiger partial charge in [-0.3, -0.25) is 10.4 Å². The number of carbonyl (C=O) groups excluding carboxylic acids is 1. The summed E-state index contributed by atoms with van der Waals surface area (Å²) in [5, 5.41) is 15.0. The second-order valence-corrected chi connectivity index (χ2v) is 4.01. The quantitative estimate of drug-likeness (QED) is 0.678. The molecule has 1 heterocycles. The van der Waals surface area contributed by atoms with Gasteiger partial charge in [-0.2, -0.15) is 5.10 Å². The summed E-state index contributed by atoms with van der Waals surface area (Å²) in [5.74, 6) is -1.27. The molecule has 0 spiro atoms. The Morgan fingerprint density at radius 2 is 2.21 bits per heavy atom.